The smallest absolute Gasteiger partial charge is 0.326 e. The number of esters is 1. The molecule has 1 amide bonds. The second-order valence-corrected chi connectivity index (χ2v) is 7.45. The minimum Gasteiger partial charge on any atom is -0.448 e. The molecule has 0 saturated heterocycles. The van der Waals surface area contributed by atoms with Crippen molar-refractivity contribution < 1.29 is 19.1 Å². The molecule has 0 bridgehead atoms. The highest BCUT2D eigenvalue weighted by molar-refractivity contribution is 6.01. The molecule has 5 nitrogen and oxygen atoms in total. The fourth-order valence-corrected chi connectivity index (χ4v) is 3.07. The van der Waals surface area contributed by atoms with Crippen molar-refractivity contribution in [2.75, 3.05) is 6.54 Å². The lowest BCUT2D eigenvalue weighted by molar-refractivity contribution is -0.147. The standard InChI is InChI=1S/C26H25NO4/c1-18-8-12-21(13-9-18)25(30)26(22-14-10-19(2)11-15-22)31-24(29)17-27-23(28)16-20-6-4-3-5-7-20/h3-15,26H,16-17H2,1-2H3,(H,27,28)/t26-/m1/s1. The number of ketones is 1. The van der Waals surface area contributed by atoms with Crippen molar-refractivity contribution in [3.05, 3.63) is 107 Å². The summed E-state index contributed by atoms with van der Waals surface area (Å²) in [6.07, 6.45) is -0.917. The van der Waals surface area contributed by atoms with Gasteiger partial charge in [-0.2, -0.15) is 0 Å². The van der Waals surface area contributed by atoms with E-state index < -0.39 is 12.1 Å². The number of nitrogens with one attached hydrogen (secondary N) is 1. The van der Waals surface area contributed by atoms with Gasteiger partial charge in [-0.15, -0.1) is 0 Å². The van der Waals surface area contributed by atoms with Gasteiger partial charge >= 0.3 is 5.97 Å². The molecule has 0 radical (unpaired) electrons. The molecule has 0 spiro atoms. The zero-order valence-electron chi connectivity index (χ0n) is 17.6. The fraction of sp³-hybridized carbons (Fsp3) is 0.192. The molecule has 158 valence electrons. The third kappa shape index (κ3) is 6.37. The van der Waals surface area contributed by atoms with E-state index in [0.29, 0.717) is 11.1 Å². The van der Waals surface area contributed by atoms with Gasteiger partial charge in [0.1, 0.15) is 6.54 Å². The first-order valence-electron chi connectivity index (χ1n) is 10.1. The maximum Gasteiger partial charge on any atom is 0.326 e. The van der Waals surface area contributed by atoms with Crippen LogP contribution in [-0.2, 0) is 20.7 Å². The third-order valence-electron chi connectivity index (χ3n) is 4.84. The molecule has 0 saturated carbocycles. The second kappa shape index (κ2) is 10.3. The molecule has 3 aromatic rings. The molecule has 5 heteroatoms. The summed E-state index contributed by atoms with van der Waals surface area (Å²) in [5.41, 5.74) is 3.95. The van der Waals surface area contributed by atoms with E-state index in [1.54, 1.807) is 24.3 Å². The quantitative estimate of drug-likeness (QED) is 0.444. The molecule has 0 heterocycles. The van der Waals surface area contributed by atoms with Gasteiger partial charge in [0.2, 0.25) is 11.7 Å². The molecular weight excluding hydrogens is 390 g/mol. The Morgan fingerprint density at radius 1 is 0.806 bits per heavy atom. The number of amides is 1. The maximum atomic E-state index is 13.1. The molecule has 0 unspecified atom stereocenters. The Labute approximate surface area is 182 Å². The molecule has 31 heavy (non-hydrogen) atoms. The lowest BCUT2D eigenvalue weighted by atomic mass is 9.98. The first-order chi connectivity index (χ1) is 14.9. The average molecular weight is 415 g/mol. The van der Waals surface area contributed by atoms with E-state index in [2.05, 4.69) is 5.32 Å². The zero-order chi connectivity index (χ0) is 22.2. The molecule has 3 rings (SSSR count). The molecule has 0 fully saturated rings. The highest BCUT2D eigenvalue weighted by Gasteiger charge is 2.26. The van der Waals surface area contributed by atoms with E-state index in [-0.39, 0.29) is 24.7 Å². The highest BCUT2D eigenvalue weighted by atomic mass is 16.5. The van der Waals surface area contributed by atoms with Crippen LogP contribution in [0, 0.1) is 13.8 Å². The van der Waals surface area contributed by atoms with Crippen molar-refractivity contribution in [1.29, 1.82) is 0 Å². The largest absolute Gasteiger partial charge is 0.448 e. The van der Waals surface area contributed by atoms with Crippen LogP contribution in [0.1, 0.15) is 38.7 Å². The minimum absolute atomic E-state index is 0.164. The third-order valence-corrected chi connectivity index (χ3v) is 4.84. The summed E-state index contributed by atoms with van der Waals surface area (Å²) >= 11 is 0. The summed E-state index contributed by atoms with van der Waals surface area (Å²) < 4.78 is 5.52. The van der Waals surface area contributed by atoms with Gasteiger partial charge in [0, 0.05) is 11.1 Å². The van der Waals surface area contributed by atoms with Crippen LogP contribution in [0.3, 0.4) is 0 Å². The van der Waals surface area contributed by atoms with E-state index >= 15 is 0 Å². The Morgan fingerprint density at radius 2 is 1.39 bits per heavy atom. The Hall–Kier alpha value is -3.73. The molecule has 1 atom stereocenters. The van der Waals surface area contributed by atoms with Gasteiger partial charge < -0.3 is 10.1 Å². The Bertz CT molecular complexity index is 1040. The van der Waals surface area contributed by atoms with Gasteiger partial charge in [-0.1, -0.05) is 90.0 Å². The number of ether oxygens (including phenoxy) is 1. The second-order valence-electron chi connectivity index (χ2n) is 7.45. The molecular formula is C26H25NO4. The predicted molar refractivity (Wildman–Crippen MR) is 119 cm³/mol. The highest BCUT2D eigenvalue weighted by Crippen LogP contribution is 2.23. The maximum absolute atomic E-state index is 13.1. The SMILES string of the molecule is Cc1ccc(C(=O)[C@H](OC(=O)CNC(=O)Cc2ccccc2)c2ccc(C)cc2)cc1. The van der Waals surface area contributed by atoms with Crippen molar-refractivity contribution in [1.82, 2.24) is 5.32 Å². The van der Waals surface area contributed by atoms with Gasteiger partial charge in [-0.05, 0) is 19.4 Å². The average Bonchev–Trinajstić information content (AvgIpc) is 2.77. The summed E-state index contributed by atoms with van der Waals surface area (Å²) in [6, 6.07) is 23.6. The number of rotatable bonds is 8. The number of hydrogen-bond acceptors (Lipinski definition) is 4. The Morgan fingerprint density at radius 3 is 2.00 bits per heavy atom. The van der Waals surface area contributed by atoms with Gasteiger partial charge in [0.15, 0.2) is 6.10 Å². The number of carbonyl (C=O) groups is 3. The molecule has 0 aliphatic heterocycles. The molecule has 0 aliphatic carbocycles. The summed E-state index contributed by atoms with van der Waals surface area (Å²) in [5.74, 6) is -1.28. The van der Waals surface area contributed by atoms with Crippen LogP contribution >= 0.6 is 0 Å². The van der Waals surface area contributed by atoms with Crippen LogP contribution in [0.2, 0.25) is 0 Å². The summed E-state index contributed by atoms with van der Waals surface area (Å²) in [7, 11) is 0. The van der Waals surface area contributed by atoms with Gasteiger partial charge in [-0.3, -0.25) is 14.4 Å². The Balaban J connectivity index is 1.68. The number of hydrogen-bond donors (Lipinski definition) is 1. The number of Topliss-reactive ketones (excluding diaryl/α,β-unsaturated/α-hetero) is 1. The van der Waals surface area contributed by atoms with Crippen molar-refractivity contribution in [3.8, 4) is 0 Å². The van der Waals surface area contributed by atoms with E-state index in [1.165, 1.54) is 0 Å². The molecule has 1 N–H and O–H groups in total. The van der Waals surface area contributed by atoms with E-state index in [4.69, 9.17) is 4.74 Å². The molecule has 3 aromatic carbocycles. The monoisotopic (exact) mass is 415 g/mol. The van der Waals surface area contributed by atoms with Crippen molar-refractivity contribution in [3.63, 3.8) is 0 Å². The van der Waals surface area contributed by atoms with Crippen LogP contribution in [0.25, 0.3) is 0 Å². The van der Waals surface area contributed by atoms with Crippen molar-refractivity contribution in [2.24, 2.45) is 0 Å². The van der Waals surface area contributed by atoms with Gasteiger partial charge in [0.05, 0.1) is 6.42 Å². The van der Waals surface area contributed by atoms with E-state index in [1.807, 2.05) is 68.4 Å². The van der Waals surface area contributed by atoms with Gasteiger partial charge in [0.25, 0.3) is 0 Å². The zero-order valence-corrected chi connectivity index (χ0v) is 17.6. The summed E-state index contributed by atoms with van der Waals surface area (Å²) in [6.45, 7) is 3.56. The molecule has 0 aromatic heterocycles. The predicted octanol–water partition coefficient (Wildman–Crippen LogP) is 4.13. The van der Waals surface area contributed by atoms with Crippen LogP contribution in [0.4, 0.5) is 0 Å². The first-order valence-corrected chi connectivity index (χ1v) is 10.1. The van der Waals surface area contributed by atoms with Crippen LogP contribution < -0.4 is 5.32 Å². The van der Waals surface area contributed by atoms with Gasteiger partial charge in [-0.25, -0.2) is 0 Å². The van der Waals surface area contributed by atoms with Crippen molar-refractivity contribution in [2.45, 2.75) is 26.4 Å². The molecule has 0 aliphatic rings. The lowest BCUT2D eigenvalue weighted by Gasteiger charge is -2.18. The van der Waals surface area contributed by atoms with Crippen LogP contribution in [0.5, 0.6) is 0 Å². The normalized spacial score (nSPS) is 11.4. The van der Waals surface area contributed by atoms with Crippen molar-refractivity contribution >= 4 is 17.7 Å². The minimum atomic E-state index is -1.08. The number of carbonyl (C=O) groups excluding carboxylic acids is 3. The topological polar surface area (TPSA) is 72.5 Å². The van der Waals surface area contributed by atoms with Crippen LogP contribution in [0.15, 0.2) is 78.9 Å². The Kier molecular flexibility index (Phi) is 7.33. The number of benzene rings is 3. The van der Waals surface area contributed by atoms with E-state index in [0.717, 1.165) is 16.7 Å². The lowest BCUT2D eigenvalue weighted by Crippen LogP contribution is -2.33. The first kappa shape index (κ1) is 22.0. The van der Waals surface area contributed by atoms with Crippen LogP contribution in [-0.4, -0.2) is 24.2 Å². The summed E-state index contributed by atoms with van der Waals surface area (Å²) in [4.78, 5) is 37.7. The van der Waals surface area contributed by atoms with E-state index in [9.17, 15) is 14.4 Å². The number of aryl methyl sites for hydroxylation is 2. The fourth-order valence-electron chi connectivity index (χ4n) is 3.07. The summed E-state index contributed by atoms with van der Waals surface area (Å²) in [5, 5.41) is 2.56.